The van der Waals surface area contributed by atoms with Crippen LogP contribution in [0, 0.1) is 0 Å². The van der Waals surface area contributed by atoms with Crippen LogP contribution in [-0.4, -0.2) is 24.6 Å². The maximum Gasteiger partial charge on any atom is 0.0594 e. The zero-order chi connectivity index (χ0) is 15.8. The Bertz CT molecular complexity index is 184. The first kappa shape index (κ1) is 25.2. The van der Waals surface area contributed by atoms with E-state index in [1.165, 1.54) is 89.4 Å². The molecule has 0 heterocycles. The SMILES string of the molecule is CCCCCCCC[P+](CC)(CC)CCCCCCCC.[Br-]. The van der Waals surface area contributed by atoms with Crippen molar-refractivity contribution in [1.82, 2.24) is 0 Å². The van der Waals surface area contributed by atoms with Crippen LogP contribution in [0.15, 0.2) is 0 Å². The van der Waals surface area contributed by atoms with E-state index in [1.54, 1.807) is 12.3 Å². The summed E-state index contributed by atoms with van der Waals surface area (Å²) in [6, 6.07) is 0. The second kappa shape index (κ2) is 18.3. The second-order valence-corrected chi connectivity index (χ2v) is 11.8. The zero-order valence-corrected chi connectivity index (χ0v) is 18.6. The van der Waals surface area contributed by atoms with Crippen molar-refractivity contribution in [3.8, 4) is 0 Å². The van der Waals surface area contributed by atoms with E-state index in [1.807, 2.05) is 0 Å². The molecule has 2 heteroatoms. The van der Waals surface area contributed by atoms with Gasteiger partial charge in [0.05, 0.1) is 24.6 Å². The summed E-state index contributed by atoms with van der Waals surface area (Å²) < 4.78 is 0. The van der Waals surface area contributed by atoms with E-state index in [4.69, 9.17) is 0 Å². The third-order valence-corrected chi connectivity index (χ3v) is 10.5. The monoisotopic (exact) mass is 394 g/mol. The molecular formula is C20H44BrP. The van der Waals surface area contributed by atoms with Crippen LogP contribution in [0.25, 0.3) is 0 Å². The fourth-order valence-electron chi connectivity index (χ4n) is 3.42. The van der Waals surface area contributed by atoms with E-state index in [-0.39, 0.29) is 17.0 Å². The Morgan fingerprint density at radius 3 is 1.09 bits per heavy atom. The molecule has 0 aliphatic rings. The highest BCUT2D eigenvalue weighted by atomic mass is 79.9. The summed E-state index contributed by atoms with van der Waals surface area (Å²) in [5, 5.41) is 0. The van der Waals surface area contributed by atoms with Crippen molar-refractivity contribution in [2.45, 2.75) is 105 Å². The van der Waals surface area contributed by atoms with Gasteiger partial charge in [0.25, 0.3) is 0 Å². The average Bonchev–Trinajstić information content (AvgIpc) is 2.52. The normalized spacial score (nSPS) is 11.5. The molecule has 0 saturated carbocycles. The van der Waals surface area contributed by atoms with Crippen molar-refractivity contribution in [3.05, 3.63) is 0 Å². The van der Waals surface area contributed by atoms with Gasteiger partial charge in [-0.25, -0.2) is 0 Å². The Hall–Kier alpha value is 0.910. The van der Waals surface area contributed by atoms with Gasteiger partial charge >= 0.3 is 0 Å². The Balaban J connectivity index is 0. The molecule has 0 atom stereocenters. The van der Waals surface area contributed by atoms with E-state index < -0.39 is 7.26 Å². The van der Waals surface area contributed by atoms with Crippen LogP contribution in [0.5, 0.6) is 0 Å². The third-order valence-electron chi connectivity index (χ3n) is 5.31. The van der Waals surface area contributed by atoms with Gasteiger partial charge in [0, 0.05) is 7.26 Å². The van der Waals surface area contributed by atoms with Gasteiger partial charge < -0.3 is 17.0 Å². The molecule has 136 valence electrons. The van der Waals surface area contributed by atoms with Crippen LogP contribution in [-0.2, 0) is 0 Å². The summed E-state index contributed by atoms with van der Waals surface area (Å²) >= 11 is 0. The molecule has 0 spiro atoms. The Kier molecular flexibility index (Phi) is 20.9. The predicted octanol–water partition coefficient (Wildman–Crippen LogP) is 4.77. The van der Waals surface area contributed by atoms with Crippen LogP contribution >= 0.6 is 7.26 Å². The number of unbranched alkanes of at least 4 members (excludes halogenated alkanes) is 10. The highest BCUT2D eigenvalue weighted by Crippen LogP contribution is 2.59. The van der Waals surface area contributed by atoms with Crippen LogP contribution in [0.3, 0.4) is 0 Å². The molecule has 0 fully saturated rings. The lowest BCUT2D eigenvalue weighted by Crippen LogP contribution is -3.00. The smallest absolute Gasteiger partial charge is 0.0594 e. The van der Waals surface area contributed by atoms with Crippen molar-refractivity contribution in [2.24, 2.45) is 0 Å². The van der Waals surface area contributed by atoms with Crippen molar-refractivity contribution >= 4 is 7.26 Å². The molecule has 0 aliphatic carbocycles. The molecule has 0 nitrogen and oxygen atoms in total. The Morgan fingerprint density at radius 2 is 0.773 bits per heavy atom. The fourth-order valence-corrected chi connectivity index (χ4v) is 7.15. The van der Waals surface area contributed by atoms with Crippen molar-refractivity contribution < 1.29 is 17.0 Å². The third kappa shape index (κ3) is 13.4. The first-order valence-corrected chi connectivity index (χ1v) is 12.6. The highest BCUT2D eigenvalue weighted by Gasteiger charge is 2.31. The summed E-state index contributed by atoms with van der Waals surface area (Å²) in [5.74, 6) is 0. The van der Waals surface area contributed by atoms with E-state index in [0.717, 1.165) is 0 Å². The van der Waals surface area contributed by atoms with E-state index in [9.17, 15) is 0 Å². The summed E-state index contributed by atoms with van der Waals surface area (Å²) in [6.45, 7) is 9.58. The molecule has 0 rings (SSSR count). The van der Waals surface area contributed by atoms with E-state index >= 15 is 0 Å². The standard InChI is InChI=1S/C20H44P.BrH/c1-5-9-11-13-15-17-19-21(7-3,8-4)20-18-16-14-12-10-6-2;/h5-20H2,1-4H3;1H/q+1;/p-1. The predicted molar refractivity (Wildman–Crippen MR) is 104 cm³/mol. The molecule has 0 N–H and O–H groups in total. The quantitative estimate of drug-likeness (QED) is 0.261. The van der Waals surface area contributed by atoms with Gasteiger partial charge in [-0.3, -0.25) is 0 Å². The average molecular weight is 395 g/mol. The first-order chi connectivity index (χ1) is 10.2. The fraction of sp³-hybridized carbons (Fsp3) is 1.00. The number of hydrogen-bond donors (Lipinski definition) is 0. The maximum atomic E-state index is 2.48. The molecule has 0 aromatic carbocycles. The van der Waals surface area contributed by atoms with Gasteiger partial charge in [0.15, 0.2) is 0 Å². The highest BCUT2D eigenvalue weighted by molar-refractivity contribution is 7.75. The van der Waals surface area contributed by atoms with Gasteiger partial charge in [-0.2, -0.15) is 0 Å². The lowest BCUT2D eigenvalue weighted by atomic mass is 10.1. The minimum atomic E-state index is -0.569. The molecule has 22 heavy (non-hydrogen) atoms. The first-order valence-electron chi connectivity index (χ1n) is 10.1. The number of halogens is 1. The number of hydrogen-bond acceptors (Lipinski definition) is 0. The van der Waals surface area contributed by atoms with Crippen molar-refractivity contribution in [1.29, 1.82) is 0 Å². The molecule has 0 amide bonds. The number of rotatable bonds is 16. The molecule has 0 bridgehead atoms. The van der Waals surface area contributed by atoms with Gasteiger partial charge in [0.2, 0.25) is 0 Å². The van der Waals surface area contributed by atoms with Crippen LogP contribution in [0.4, 0.5) is 0 Å². The van der Waals surface area contributed by atoms with Gasteiger partial charge in [-0.15, -0.1) is 0 Å². The Morgan fingerprint density at radius 1 is 0.455 bits per heavy atom. The zero-order valence-electron chi connectivity index (χ0n) is 16.1. The summed E-state index contributed by atoms with van der Waals surface area (Å²) in [5.41, 5.74) is 0. The molecule has 0 aromatic rings. The molecule has 0 radical (unpaired) electrons. The molecular weight excluding hydrogens is 351 g/mol. The molecule has 0 unspecified atom stereocenters. The Labute approximate surface area is 153 Å². The molecule has 0 aromatic heterocycles. The summed E-state index contributed by atoms with van der Waals surface area (Å²) in [6.07, 6.45) is 23.8. The maximum absolute atomic E-state index is 2.48. The van der Waals surface area contributed by atoms with Gasteiger partial charge in [0.1, 0.15) is 0 Å². The van der Waals surface area contributed by atoms with Gasteiger partial charge in [-0.05, 0) is 39.5 Å². The van der Waals surface area contributed by atoms with Crippen molar-refractivity contribution in [3.63, 3.8) is 0 Å². The molecule has 0 saturated heterocycles. The van der Waals surface area contributed by atoms with Gasteiger partial charge in [-0.1, -0.05) is 65.2 Å². The second-order valence-electron chi connectivity index (χ2n) is 6.96. The van der Waals surface area contributed by atoms with E-state index in [0.29, 0.717) is 0 Å². The lowest BCUT2D eigenvalue weighted by Gasteiger charge is -2.25. The minimum Gasteiger partial charge on any atom is -1.00 e. The summed E-state index contributed by atoms with van der Waals surface area (Å²) in [7, 11) is -0.569. The summed E-state index contributed by atoms with van der Waals surface area (Å²) in [4.78, 5) is 0. The largest absolute Gasteiger partial charge is 1.00 e. The van der Waals surface area contributed by atoms with E-state index in [2.05, 4.69) is 27.7 Å². The minimum absolute atomic E-state index is 0. The lowest BCUT2D eigenvalue weighted by molar-refractivity contribution is -0.00000489. The molecule has 0 aliphatic heterocycles. The van der Waals surface area contributed by atoms with Crippen LogP contribution < -0.4 is 17.0 Å². The topological polar surface area (TPSA) is 0 Å². The van der Waals surface area contributed by atoms with Crippen LogP contribution in [0.1, 0.15) is 105 Å². The van der Waals surface area contributed by atoms with Crippen LogP contribution in [0.2, 0.25) is 0 Å². The van der Waals surface area contributed by atoms with Crippen molar-refractivity contribution in [2.75, 3.05) is 24.6 Å².